The van der Waals surface area contributed by atoms with E-state index in [2.05, 4.69) is 10.1 Å². The van der Waals surface area contributed by atoms with Crippen molar-refractivity contribution in [2.24, 2.45) is 0 Å². The van der Waals surface area contributed by atoms with Crippen LogP contribution in [0.4, 0.5) is 0 Å². The first kappa shape index (κ1) is 17.0. The largest absolute Gasteiger partial charge is 0.488 e. The highest BCUT2D eigenvalue weighted by Crippen LogP contribution is 2.42. The minimum absolute atomic E-state index is 0.00857. The van der Waals surface area contributed by atoms with Crippen LogP contribution in [0.5, 0.6) is 5.75 Å². The minimum Gasteiger partial charge on any atom is -0.488 e. The molecule has 1 aromatic carbocycles. The maximum absolute atomic E-state index is 13.0. The highest BCUT2D eigenvalue weighted by molar-refractivity contribution is 5.85. The van der Waals surface area contributed by atoms with Crippen LogP contribution < -0.4 is 4.74 Å². The van der Waals surface area contributed by atoms with Crippen molar-refractivity contribution in [3.05, 3.63) is 41.5 Å². The van der Waals surface area contributed by atoms with Gasteiger partial charge < -0.3 is 18.9 Å². The van der Waals surface area contributed by atoms with Crippen molar-refractivity contribution in [3.63, 3.8) is 0 Å². The average Bonchev–Trinajstić information content (AvgIpc) is 2.97. The molecule has 2 aliphatic rings. The first-order valence-corrected chi connectivity index (χ1v) is 8.89. The number of amides is 1. The van der Waals surface area contributed by atoms with Crippen molar-refractivity contribution >= 4 is 5.91 Å². The summed E-state index contributed by atoms with van der Waals surface area (Å²) in [5.74, 6) is 1.83. The third-order valence-corrected chi connectivity index (χ3v) is 4.85. The number of aromatic nitrogens is 2. The maximum atomic E-state index is 13.0. The summed E-state index contributed by atoms with van der Waals surface area (Å²) in [5.41, 5.74) is 0.619. The lowest BCUT2D eigenvalue weighted by atomic mass is 9.83. The van der Waals surface area contributed by atoms with Gasteiger partial charge in [-0.25, -0.2) is 0 Å². The predicted molar refractivity (Wildman–Crippen MR) is 92.7 cm³/mol. The molecule has 1 amide bonds. The molecule has 138 valence electrons. The van der Waals surface area contributed by atoms with E-state index >= 15 is 0 Å². The zero-order valence-corrected chi connectivity index (χ0v) is 15.3. The number of hydrogen-bond acceptors (Lipinski definition) is 6. The van der Waals surface area contributed by atoms with Crippen molar-refractivity contribution in [2.75, 3.05) is 13.1 Å². The topological polar surface area (TPSA) is 77.7 Å². The third kappa shape index (κ3) is 3.31. The van der Waals surface area contributed by atoms with Crippen LogP contribution in [0.15, 0.2) is 28.8 Å². The summed E-state index contributed by atoms with van der Waals surface area (Å²) in [6, 6.07) is 7.81. The number of nitrogens with zero attached hydrogens (tertiary/aromatic N) is 3. The number of fused-ring (bicyclic) bond motifs is 1. The summed E-state index contributed by atoms with van der Waals surface area (Å²) in [7, 11) is 0. The van der Waals surface area contributed by atoms with Crippen LogP contribution in [0.3, 0.4) is 0 Å². The molecule has 1 fully saturated rings. The van der Waals surface area contributed by atoms with Gasteiger partial charge in [-0.1, -0.05) is 23.4 Å². The van der Waals surface area contributed by atoms with Crippen molar-refractivity contribution in [3.8, 4) is 5.75 Å². The second-order valence-electron chi connectivity index (χ2n) is 7.57. The van der Waals surface area contributed by atoms with E-state index in [9.17, 15) is 4.79 Å². The van der Waals surface area contributed by atoms with Crippen LogP contribution in [0.2, 0.25) is 0 Å². The molecule has 0 aliphatic carbocycles. The minimum atomic E-state index is -0.356. The van der Waals surface area contributed by atoms with Gasteiger partial charge in [-0.3, -0.25) is 4.79 Å². The molecule has 1 unspecified atom stereocenters. The Kier molecular flexibility index (Phi) is 4.19. The van der Waals surface area contributed by atoms with Gasteiger partial charge in [0.2, 0.25) is 5.91 Å². The molecule has 7 heteroatoms. The average molecular weight is 357 g/mol. The standard InChI is InChI=1S/C19H23N3O4/c1-12-20-17(26-21-12)11-24-13-9-22(10-13)18(23)15-8-19(2,3)25-16-7-5-4-6-14(15)16/h4-7,13,15H,8-11H2,1-3H3. The summed E-state index contributed by atoms with van der Waals surface area (Å²) < 4.78 is 16.8. The van der Waals surface area contributed by atoms with Crippen LogP contribution in [0, 0.1) is 6.92 Å². The summed E-state index contributed by atoms with van der Waals surface area (Å²) in [6.07, 6.45) is 0.681. The van der Waals surface area contributed by atoms with Crippen LogP contribution in [-0.4, -0.2) is 45.7 Å². The number of ether oxygens (including phenoxy) is 2. The molecule has 2 aliphatic heterocycles. The van der Waals surface area contributed by atoms with E-state index in [1.165, 1.54) is 0 Å². The van der Waals surface area contributed by atoms with Gasteiger partial charge in [0.25, 0.3) is 5.89 Å². The van der Waals surface area contributed by atoms with Crippen molar-refractivity contribution in [1.82, 2.24) is 15.0 Å². The Morgan fingerprint density at radius 2 is 2.12 bits per heavy atom. The van der Waals surface area contributed by atoms with Crippen LogP contribution >= 0.6 is 0 Å². The first-order chi connectivity index (χ1) is 12.4. The van der Waals surface area contributed by atoms with E-state index in [4.69, 9.17) is 14.0 Å². The van der Waals surface area contributed by atoms with Crippen LogP contribution in [0.1, 0.15) is 43.5 Å². The number of benzene rings is 1. The fraction of sp³-hybridized carbons (Fsp3) is 0.526. The Morgan fingerprint density at radius 3 is 2.85 bits per heavy atom. The van der Waals surface area contributed by atoms with E-state index < -0.39 is 0 Å². The van der Waals surface area contributed by atoms with Gasteiger partial charge in [0.05, 0.1) is 12.0 Å². The number of aryl methyl sites for hydroxylation is 1. The van der Waals surface area contributed by atoms with E-state index in [0.29, 0.717) is 31.2 Å². The molecule has 1 atom stereocenters. The van der Waals surface area contributed by atoms with Gasteiger partial charge in [0.15, 0.2) is 5.82 Å². The molecule has 0 spiro atoms. The summed E-state index contributed by atoms with van der Waals surface area (Å²) >= 11 is 0. The fourth-order valence-corrected chi connectivity index (χ4v) is 3.55. The zero-order chi connectivity index (χ0) is 18.3. The van der Waals surface area contributed by atoms with Crippen LogP contribution in [0.25, 0.3) is 0 Å². The van der Waals surface area contributed by atoms with Crippen molar-refractivity contribution in [1.29, 1.82) is 0 Å². The number of para-hydroxylation sites is 1. The van der Waals surface area contributed by atoms with Gasteiger partial charge >= 0.3 is 0 Å². The van der Waals surface area contributed by atoms with Gasteiger partial charge in [0, 0.05) is 25.1 Å². The lowest BCUT2D eigenvalue weighted by molar-refractivity contribution is -0.150. The summed E-state index contributed by atoms with van der Waals surface area (Å²) in [4.78, 5) is 19.0. The Bertz CT molecular complexity index is 811. The Hall–Kier alpha value is -2.41. The van der Waals surface area contributed by atoms with Gasteiger partial charge in [-0.15, -0.1) is 0 Å². The lowest BCUT2D eigenvalue weighted by Gasteiger charge is -2.43. The molecule has 0 radical (unpaired) electrons. The molecule has 0 saturated carbocycles. The van der Waals surface area contributed by atoms with Gasteiger partial charge in [0.1, 0.15) is 18.0 Å². The van der Waals surface area contributed by atoms with E-state index in [1.807, 2.05) is 43.0 Å². The molecule has 0 bridgehead atoms. The van der Waals surface area contributed by atoms with Crippen molar-refractivity contribution < 1.29 is 18.8 Å². The smallest absolute Gasteiger partial charge is 0.252 e. The Balaban J connectivity index is 1.37. The molecule has 1 aromatic heterocycles. The first-order valence-electron chi connectivity index (χ1n) is 8.89. The molecular weight excluding hydrogens is 334 g/mol. The molecular formula is C19H23N3O4. The Labute approximate surface area is 152 Å². The number of rotatable bonds is 4. The Morgan fingerprint density at radius 1 is 1.35 bits per heavy atom. The zero-order valence-electron chi connectivity index (χ0n) is 15.3. The second kappa shape index (κ2) is 6.39. The molecule has 4 rings (SSSR count). The molecule has 0 N–H and O–H groups in total. The van der Waals surface area contributed by atoms with Crippen molar-refractivity contribution in [2.45, 2.75) is 51.4 Å². The monoisotopic (exact) mass is 357 g/mol. The van der Waals surface area contributed by atoms with Gasteiger partial charge in [-0.2, -0.15) is 4.98 Å². The van der Waals surface area contributed by atoms with Crippen LogP contribution in [-0.2, 0) is 16.1 Å². The SMILES string of the molecule is Cc1noc(COC2CN(C(=O)C3CC(C)(C)Oc4ccccc43)C2)n1. The molecule has 1 saturated heterocycles. The number of likely N-dealkylation sites (tertiary alicyclic amines) is 1. The molecule has 2 aromatic rings. The highest BCUT2D eigenvalue weighted by Gasteiger charge is 2.42. The fourth-order valence-electron chi connectivity index (χ4n) is 3.55. The number of carbonyl (C=O) groups is 1. The summed E-state index contributed by atoms with van der Waals surface area (Å²) in [6.45, 7) is 7.28. The molecule has 3 heterocycles. The number of hydrogen-bond donors (Lipinski definition) is 0. The second-order valence-corrected chi connectivity index (χ2v) is 7.57. The van der Waals surface area contributed by atoms with E-state index in [0.717, 1.165) is 11.3 Å². The quantitative estimate of drug-likeness (QED) is 0.836. The summed E-state index contributed by atoms with van der Waals surface area (Å²) in [5, 5.41) is 3.74. The maximum Gasteiger partial charge on any atom is 0.252 e. The highest BCUT2D eigenvalue weighted by atomic mass is 16.5. The molecule has 7 nitrogen and oxygen atoms in total. The molecule has 26 heavy (non-hydrogen) atoms. The van der Waals surface area contributed by atoms with E-state index in [1.54, 1.807) is 6.92 Å². The lowest BCUT2D eigenvalue weighted by Crippen LogP contribution is -2.56. The number of carbonyl (C=O) groups excluding carboxylic acids is 1. The predicted octanol–water partition coefficient (Wildman–Crippen LogP) is 2.45. The van der Waals surface area contributed by atoms with Gasteiger partial charge in [-0.05, 0) is 26.8 Å². The third-order valence-electron chi connectivity index (χ3n) is 4.85. The normalized spacial score (nSPS) is 21.7. The van der Waals surface area contributed by atoms with E-state index in [-0.39, 0.29) is 30.1 Å².